The fourth-order valence-corrected chi connectivity index (χ4v) is 2.23. The second-order valence-corrected chi connectivity index (χ2v) is 4.87. The molecule has 0 aliphatic carbocycles. The lowest BCUT2D eigenvalue weighted by molar-refractivity contribution is -0.137. The second kappa shape index (κ2) is 6.56. The molecule has 2 rings (SSSR count). The number of ether oxygens (including phenoxy) is 2. The van der Waals surface area contributed by atoms with Gasteiger partial charge in [-0.05, 0) is 11.6 Å². The van der Waals surface area contributed by atoms with Crippen LogP contribution in [0.15, 0.2) is 24.3 Å². The van der Waals surface area contributed by atoms with E-state index in [0.717, 1.165) is 6.07 Å². The molecule has 3 nitrogen and oxygen atoms in total. The van der Waals surface area contributed by atoms with Gasteiger partial charge in [0.2, 0.25) is 0 Å². The van der Waals surface area contributed by atoms with Crippen LogP contribution in [-0.4, -0.2) is 44.4 Å². The van der Waals surface area contributed by atoms with Gasteiger partial charge in [0.15, 0.2) is 0 Å². The smallest absolute Gasteiger partial charge is 0.378 e. The molecule has 20 heavy (non-hydrogen) atoms. The Morgan fingerprint density at radius 2 is 2.20 bits per heavy atom. The fourth-order valence-electron chi connectivity index (χ4n) is 2.23. The number of benzene rings is 1. The second-order valence-electron chi connectivity index (χ2n) is 4.87. The molecule has 0 saturated carbocycles. The molecule has 0 radical (unpaired) electrons. The van der Waals surface area contributed by atoms with Gasteiger partial charge in [-0.1, -0.05) is 18.2 Å². The quantitative estimate of drug-likeness (QED) is 0.853. The Labute approximate surface area is 116 Å². The molecule has 1 aromatic carbocycles. The SMILES string of the molecule is CO[C@H]1COCCN(Cc2cccc(C(F)(F)F)c2)C1. The van der Waals surface area contributed by atoms with Gasteiger partial charge in [-0.25, -0.2) is 0 Å². The summed E-state index contributed by atoms with van der Waals surface area (Å²) in [5, 5.41) is 0. The summed E-state index contributed by atoms with van der Waals surface area (Å²) in [4.78, 5) is 2.05. The van der Waals surface area contributed by atoms with Crippen LogP contribution in [0.3, 0.4) is 0 Å². The third kappa shape index (κ3) is 4.19. The lowest BCUT2D eigenvalue weighted by atomic mass is 10.1. The van der Waals surface area contributed by atoms with Crippen molar-refractivity contribution in [2.45, 2.75) is 18.8 Å². The average molecular weight is 289 g/mol. The standard InChI is InChI=1S/C14H18F3NO2/c1-19-13-9-18(5-6-20-10-13)8-11-3-2-4-12(7-11)14(15,16)17/h2-4,7,13H,5-6,8-10H2,1H3/t13-/m1/s1. The van der Waals surface area contributed by atoms with E-state index in [9.17, 15) is 13.2 Å². The molecule has 6 heteroatoms. The highest BCUT2D eigenvalue weighted by atomic mass is 19.4. The Morgan fingerprint density at radius 1 is 1.40 bits per heavy atom. The van der Waals surface area contributed by atoms with E-state index in [-0.39, 0.29) is 6.10 Å². The van der Waals surface area contributed by atoms with Crippen LogP contribution in [0.25, 0.3) is 0 Å². The monoisotopic (exact) mass is 289 g/mol. The molecule has 1 atom stereocenters. The Balaban J connectivity index is 2.05. The van der Waals surface area contributed by atoms with E-state index in [0.29, 0.717) is 38.4 Å². The van der Waals surface area contributed by atoms with Gasteiger partial charge in [-0.2, -0.15) is 13.2 Å². The van der Waals surface area contributed by atoms with Crippen molar-refractivity contribution < 1.29 is 22.6 Å². The third-order valence-corrected chi connectivity index (χ3v) is 3.31. The van der Waals surface area contributed by atoms with Crippen LogP contribution in [0, 0.1) is 0 Å². The largest absolute Gasteiger partial charge is 0.416 e. The first-order chi connectivity index (χ1) is 9.49. The molecule has 1 aromatic rings. The van der Waals surface area contributed by atoms with Crippen molar-refractivity contribution >= 4 is 0 Å². The van der Waals surface area contributed by atoms with Gasteiger partial charge in [-0.3, -0.25) is 4.90 Å². The van der Waals surface area contributed by atoms with Crippen molar-refractivity contribution in [2.24, 2.45) is 0 Å². The molecule has 0 bridgehead atoms. The van der Waals surface area contributed by atoms with E-state index in [1.807, 2.05) is 0 Å². The number of hydrogen-bond donors (Lipinski definition) is 0. The van der Waals surface area contributed by atoms with E-state index < -0.39 is 11.7 Å². The first-order valence-electron chi connectivity index (χ1n) is 6.48. The predicted octanol–water partition coefficient (Wildman–Crippen LogP) is 2.55. The van der Waals surface area contributed by atoms with Gasteiger partial charge in [0.25, 0.3) is 0 Å². The molecule has 0 unspecified atom stereocenters. The molecule has 1 fully saturated rings. The maximum atomic E-state index is 12.7. The van der Waals surface area contributed by atoms with Crippen LogP contribution in [0.5, 0.6) is 0 Å². The van der Waals surface area contributed by atoms with E-state index in [1.165, 1.54) is 12.1 Å². The van der Waals surface area contributed by atoms with Crippen molar-refractivity contribution in [3.05, 3.63) is 35.4 Å². The average Bonchev–Trinajstić information content (AvgIpc) is 2.63. The van der Waals surface area contributed by atoms with Crippen LogP contribution >= 0.6 is 0 Å². The van der Waals surface area contributed by atoms with E-state index in [1.54, 1.807) is 13.2 Å². The summed E-state index contributed by atoms with van der Waals surface area (Å²) in [6, 6.07) is 5.45. The number of nitrogens with zero attached hydrogens (tertiary/aromatic N) is 1. The molecule has 1 saturated heterocycles. The van der Waals surface area contributed by atoms with Gasteiger partial charge >= 0.3 is 6.18 Å². The topological polar surface area (TPSA) is 21.7 Å². The summed E-state index contributed by atoms with van der Waals surface area (Å²) in [5.74, 6) is 0. The molecule has 1 heterocycles. The first-order valence-corrected chi connectivity index (χ1v) is 6.48. The van der Waals surface area contributed by atoms with Crippen molar-refractivity contribution in [2.75, 3.05) is 33.4 Å². The number of rotatable bonds is 3. The highest BCUT2D eigenvalue weighted by molar-refractivity contribution is 5.25. The van der Waals surface area contributed by atoms with Crippen molar-refractivity contribution in [3.63, 3.8) is 0 Å². The van der Waals surface area contributed by atoms with Crippen molar-refractivity contribution in [3.8, 4) is 0 Å². The van der Waals surface area contributed by atoms with Gasteiger partial charge in [-0.15, -0.1) is 0 Å². The van der Waals surface area contributed by atoms with Crippen LogP contribution in [0.1, 0.15) is 11.1 Å². The zero-order valence-electron chi connectivity index (χ0n) is 11.3. The zero-order valence-corrected chi connectivity index (χ0v) is 11.3. The third-order valence-electron chi connectivity index (χ3n) is 3.31. The molecule has 1 aliphatic heterocycles. The molecule has 0 N–H and O–H groups in total. The fraction of sp³-hybridized carbons (Fsp3) is 0.571. The van der Waals surface area contributed by atoms with Gasteiger partial charge in [0, 0.05) is 26.7 Å². The predicted molar refractivity (Wildman–Crippen MR) is 68.3 cm³/mol. The highest BCUT2D eigenvalue weighted by Crippen LogP contribution is 2.29. The van der Waals surface area contributed by atoms with Gasteiger partial charge in [0.05, 0.1) is 24.9 Å². The number of hydrogen-bond acceptors (Lipinski definition) is 3. The normalized spacial score (nSPS) is 21.7. The Bertz CT molecular complexity index is 437. The number of alkyl halides is 3. The summed E-state index contributed by atoms with van der Waals surface area (Å²) >= 11 is 0. The molecule has 0 amide bonds. The summed E-state index contributed by atoms with van der Waals surface area (Å²) in [6.07, 6.45) is -4.34. The van der Waals surface area contributed by atoms with E-state index in [4.69, 9.17) is 9.47 Å². The molecule has 1 aliphatic rings. The summed E-state index contributed by atoms with van der Waals surface area (Å²) < 4.78 is 48.7. The number of halogens is 3. The maximum Gasteiger partial charge on any atom is 0.416 e. The molecular weight excluding hydrogens is 271 g/mol. The van der Waals surface area contributed by atoms with Crippen LogP contribution in [0.2, 0.25) is 0 Å². The van der Waals surface area contributed by atoms with Crippen LogP contribution in [0.4, 0.5) is 13.2 Å². The molecular formula is C14H18F3NO2. The van der Waals surface area contributed by atoms with E-state index >= 15 is 0 Å². The minimum absolute atomic E-state index is 0.0386. The summed E-state index contributed by atoms with van der Waals surface area (Å²) in [5.41, 5.74) is 0.0425. The molecule has 112 valence electrons. The Kier molecular flexibility index (Phi) is 5.01. The Hall–Kier alpha value is -1.11. The van der Waals surface area contributed by atoms with E-state index in [2.05, 4.69) is 4.90 Å². The van der Waals surface area contributed by atoms with Crippen molar-refractivity contribution in [1.82, 2.24) is 4.90 Å². The maximum absolute atomic E-state index is 12.7. The first kappa shape index (κ1) is 15.3. The summed E-state index contributed by atoms with van der Waals surface area (Å²) in [6.45, 7) is 2.91. The molecule has 0 aromatic heterocycles. The van der Waals surface area contributed by atoms with Gasteiger partial charge < -0.3 is 9.47 Å². The molecule has 0 spiro atoms. The summed E-state index contributed by atoms with van der Waals surface area (Å²) in [7, 11) is 1.61. The minimum atomic E-state index is -4.30. The number of methoxy groups -OCH3 is 1. The van der Waals surface area contributed by atoms with Crippen LogP contribution < -0.4 is 0 Å². The minimum Gasteiger partial charge on any atom is -0.378 e. The Morgan fingerprint density at radius 3 is 2.90 bits per heavy atom. The van der Waals surface area contributed by atoms with Gasteiger partial charge in [0.1, 0.15) is 0 Å². The van der Waals surface area contributed by atoms with Crippen molar-refractivity contribution in [1.29, 1.82) is 0 Å². The lowest BCUT2D eigenvalue weighted by Crippen LogP contribution is -2.33. The highest BCUT2D eigenvalue weighted by Gasteiger charge is 2.30. The van der Waals surface area contributed by atoms with Crippen LogP contribution in [-0.2, 0) is 22.2 Å². The lowest BCUT2D eigenvalue weighted by Gasteiger charge is -2.22. The zero-order chi connectivity index (χ0) is 14.6.